The van der Waals surface area contributed by atoms with Crippen molar-refractivity contribution in [3.63, 3.8) is 0 Å². The molecule has 1 aliphatic rings. The van der Waals surface area contributed by atoms with E-state index in [2.05, 4.69) is 55.8 Å². The van der Waals surface area contributed by atoms with Crippen LogP contribution in [-0.4, -0.2) is 48.8 Å². The van der Waals surface area contributed by atoms with Crippen LogP contribution < -0.4 is 4.90 Å². The minimum Gasteiger partial charge on any atom is -0.396 e. The maximum absolute atomic E-state index is 9.20. The Morgan fingerprint density at radius 1 is 1.16 bits per heavy atom. The Hall–Kier alpha value is -1.06. The molecule has 0 aromatic heterocycles. The van der Waals surface area contributed by atoms with E-state index < -0.39 is 0 Å². The van der Waals surface area contributed by atoms with Crippen molar-refractivity contribution in [1.82, 2.24) is 4.90 Å². The Balaban J connectivity index is 2.22. The standard InChI is InChI=1S/C16H26N2O/c1-12-7-13(2)9-16(8-12)18-11-15(5-6-19)17(4)10-14(18)3/h7-9,14-15,19H,5-6,10-11H2,1-4H3. The second-order valence-electron chi connectivity index (χ2n) is 5.95. The molecule has 0 aliphatic carbocycles. The third-order valence-corrected chi connectivity index (χ3v) is 4.12. The molecule has 0 saturated carbocycles. The molecule has 2 unspecified atom stereocenters. The molecular formula is C16H26N2O. The number of likely N-dealkylation sites (N-methyl/N-ethyl adjacent to an activating group) is 1. The molecule has 1 heterocycles. The lowest BCUT2D eigenvalue weighted by atomic mass is 10.0. The van der Waals surface area contributed by atoms with Gasteiger partial charge in [-0.3, -0.25) is 4.90 Å². The van der Waals surface area contributed by atoms with Crippen LogP contribution in [-0.2, 0) is 0 Å². The smallest absolute Gasteiger partial charge is 0.0446 e. The van der Waals surface area contributed by atoms with Gasteiger partial charge in [0.1, 0.15) is 0 Å². The van der Waals surface area contributed by atoms with Gasteiger partial charge in [-0.1, -0.05) is 6.07 Å². The molecule has 3 nitrogen and oxygen atoms in total. The van der Waals surface area contributed by atoms with Gasteiger partial charge in [0, 0.05) is 37.5 Å². The summed E-state index contributed by atoms with van der Waals surface area (Å²) in [6, 6.07) is 7.72. The highest BCUT2D eigenvalue weighted by Gasteiger charge is 2.29. The summed E-state index contributed by atoms with van der Waals surface area (Å²) in [5, 5.41) is 9.20. The van der Waals surface area contributed by atoms with Crippen LogP contribution in [0.4, 0.5) is 5.69 Å². The van der Waals surface area contributed by atoms with Crippen LogP contribution in [0.1, 0.15) is 24.5 Å². The van der Waals surface area contributed by atoms with Gasteiger partial charge < -0.3 is 10.0 Å². The Bertz CT molecular complexity index is 413. The van der Waals surface area contributed by atoms with E-state index in [0.29, 0.717) is 12.1 Å². The zero-order chi connectivity index (χ0) is 14.0. The minimum absolute atomic E-state index is 0.268. The summed E-state index contributed by atoms with van der Waals surface area (Å²) in [5.41, 5.74) is 3.96. The van der Waals surface area contributed by atoms with E-state index in [4.69, 9.17) is 0 Å². The molecule has 2 atom stereocenters. The van der Waals surface area contributed by atoms with Crippen molar-refractivity contribution in [2.24, 2.45) is 0 Å². The number of benzene rings is 1. The Morgan fingerprint density at radius 3 is 2.37 bits per heavy atom. The number of aliphatic hydroxyl groups excluding tert-OH is 1. The normalized spacial score (nSPS) is 24.8. The minimum atomic E-state index is 0.268. The summed E-state index contributed by atoms with van der Waals surface area (Å²) >= 11 is 0. The van der Waals surface area contributed by atoms with Gasteiger partial charge in [0.05, 0.1) is 0 Å². The van der Waals surface area contributed by atoms with Gasteiger partial charge in [0.2, 0.25) is 0 Å². The number of anilines is 1. The van der Waals surface area contributed by atoms with Crippen LogP contribution in [0.25, 0.3) is 0 Å². The van der Waals surface area contributed by atoms with E-state index in [1.54, 1.807) is 0 Å². The van der Waals surface area contributed by atoms with Crippen LogP contribution in [0, 0.1) is 13.8 Å². The third kappa shape index (κ3) is 3.28. The van der Waals surface area contributed by atoms with E-state index in [0.717, 1.165) is 19.5 Å². The lowest BCUT2D eigenvalue weighted by molar-refractivity contribution is 0.154. The largest absolute Gasteiger partial charge is 0.396 e. The molecule has 19 heavy (non-hydrogen) atoms. The van der Waals surface area contributed by atoms with E-state index in [9.17, 15) is 5.11 Å². The maximum Gasteiger partial charge on any atom is 0.0446 e. The summed E-state index contributed by atoms with van der Waals surface area (Å²) in [6.45, 7) is 8.91. The summed E-state index contributed by atoms with van der Waals surface area (Å²) < 4.78 is 0. The number of aryl methyl sites for hydroxylation is 2. The van der Waals surface area contributed by atoms with E-state index in [1.165, 1.54) is 16.8 Å². The zero-order valence-electron chi connectivity index (χ0n) is 12.6. The van der Waals surface area contributed by atoms with Crippen LogP contribution in [0.2, 0.25) is 0 Å². The van der Waals surface area contributed by atoms with Crippen molar-refractivity contribution < 1.29 is 5.11 Å². The van der Waals surface area contributed by atoms with E-state index >= 15 is 0 Å². The van der Waals surface area contributed by atoms with Crippen molar-refractivity contribution in [3.05, 3.63) is 29.3 Å². The molecule has 106 valence electrons. The number of hydrogen-bond acceptors (Lipinski definition) is 3. The van der Waals surface area contributed by atoms with Gasteiger partial charge in [0.15, 0.2) is 0 Å². The van der Waals surface area contributed by atoms with Crippen LogP contribution in [0.5, 0.6) is 0 Å². The summed E-state index contributed by atoms with van der Waals surface area (Å²) in [6.07, 6.45) is 0.852. The summed E-state index contributed by atoms with van der Waals surface area (Å²) in [7, 11) is 2.16. The fraction of sp³-hybridized carbons (Fsp3) is 0.625. The quantitative estimate of drug-likeness (QED) is 0.904. The first kappa shape index (κ1) is 14.4. The topological polar surface area (TPSA) is 26.7 Å². The lowest BCUT2D eigenvalue weighted by Gasteiger charge is -2.45. The van der Waals surface area contributed by atoms with E-state index in [-0.39, 0.29) is 6.61 Å². The first-order valence-electron chi connectivity index (χ1n) is 7.17. The zero-order valence-corrected chi connectivity index (χ0v) is 12.6. The van der Waals surface area contributed by atoms with E-state index in [1.807, 2.05) is 0 Å². The molecule has 0 bridgehead atoms. The van der Waals surface area contributed by atoms with Gasteiger partial charge in [-0.2, -0.15) is 0 Å². The molecule has 0 amide bonds. The van der Waals surface area contributed by atoms with Gasteiger partial charge >= 0.3 is 0 Å². The number of nitrogens with zero attached hydrogens (tertiary/aromatic N) is 2. The second kappa shape index (κ2) is 5.93. The first-order chi connectivity index (χ1) is 9.01. The SMILES string of the molecule is Cc1cc(C)cc(N2CC(CCO)N(C)CC2C)c1. The Morgan fingerprint density at radius 2 is 1.79 bits per heavy atom. The van der Waals surface area contributed by atoms with Crippen molar-refractivity contribution in [1.29, 1.82) is 0 Å². The fourth-order valence-corrected chi connectivity index (χ4v) is 3.15. The molecule has 1 fully saturated rings. The fourth-order valence-electron chi connectivity index (χ4n) is 3.15. The monoisotopic (exact) mass is 262 g/mol. The number of piperazine rings is 1. The molecule has 1 aromatic rings. The van der Waals surface area contributed by atoms with Gasteiger partial charge in [0.25, 0.3) is 0 Å². The highest BCUT2D eigenvalue weighted by Crippen LogP contribution is 2.25. The summed E-state index contributed by atoms with van der Waals surface area (Å²) in [4.78, 5) is 4.86. The molecule has 1 N–H and O–H groups in total. The molecule has 1 saturated heterocycles. The van der Waals surface area contributed by atoms with Gasteiger partial charge in [-0.25, -0.2) is 0 Å². The third-order valence-electron chi connectivity index (χ3n) is 4.12. The maximum atomic E-state index is 9.20. The molecular weight excluding hydrogens is 236 g/mol. The second-order valence-corrected chi connectivity index (χ2v) is 5.95. The average molecular weight is 262 g/mol. The van der Waals surface area contributed by atoms with Crippen molar-refractivity contribution >= 4 is 5.69 Å². The molecule has 1 aromatic carbocycles. The lowest BCUT2D eigenvalue weighted by Crippen LogP contribution is -2.56. The number of aliphatic hydroxyl groups is 1. The van der Waals surface area contributed by atoms with Crippen molar-refractivity contribution in [2.75, 3.05) is 31.6 Å². The van der Waals surface area contributed by atoms with Crippen LogP contribution >= 0.6 is 0 Å². The summed E-state index contributed by atoms with van der Waals surface area (Å²) in [5.74, 6) is 0. The number of rotatable bonds is 3. The van der Waals surface area contributed by atoms with Gasteiger partial charge in [-0.05, 0) is 57.5 Å². The highest BCUT2D eigenvalue weighted by atomic mass is 16.3. The molecule has 0 spiro atoms. The molecule has 3 heteroatoms. The van der Waals surface area contributed by atoms with Crippen LogP contribution in [0.15, 0.2) is 18.2 Å². The molecule has 0 radical (unpaired) electrons. The number of hydrogen-bond donors (Lipinski definition) is 1. The predicted molar refractivity (Wildman–Crippen MR) is 80.8 cm³/mol. The van der Waals surface area contributed by atoms with Crippen molar-refractivity contribution in [2.45, 2.75) is 39.3 Å². The van der Waals surface area contributed by atoms with Gasteiger partial charge in [-0.15, -0.1) is 0 Å². The molecule has 1 aliphatic heterocycles. The first-order valence-corrected chi connectivity index (χ1v) is 7.17. The Labute approximate surface area is 116 Å². The highest BCUT2D eigenvalue weighted by molar-refractivity contribution is 5.52. The van der Waals surface area contributed by atoms with Crippen molar-refractivity contribution in [3.8, 4) is 0 Å². The predicted octanol–water partition coefficient (Wildman–Crippen LogP) is 2.19. The Kier molecular flexibility index (Phi) is 4.48. The average Bonchev–Trinajstić information content (AvgIpc) is 2.31. The molecule has 2 rings (SSSR count). The van der Waals surface area contributed by atoms with Crippen LogP contribution in [0.3, 0.4) is 0 Å².